The molecule has 2 saturated heterocycles. The highest BCUT2D eigenvalue weighted by Gasteiger charge is 2.60. The highest BCUT2D eigenvalue weighted by molar-refractivity contribution is 7.81. The average molecular weight is 575 g/mol. The average Bonchev–Trinajstić information content (AvgIpc) is 3.13. The Hall–Kier alpha value is -3.63. The summed E-state index contributed by atoms with van der Waals surface area (Å²) in [6.07, 6.45) is -0.617. The third-order valence-corrected chi connectivity index (χ3v) is 8.35. The monoisotopic (exact) mass is 574 g/mol. The Labute approximate surface area is 233 Å². The standard InChI is InChI=1S/C27H26F4N6O2S/c1-35-9-5-16(6-10-35)14-34-23(38)19-4-3-17(12-21(19)28)37-25(40)36(24(39)26(37)7-2-8-26)18-11-20(27(29,30)31)22(13-32)33-15-18/h3-4,11-12,15-16H,2,5-10,14H2,1H3,(H,34,38). The maximum atomic E-state index is 15.3. The van der Waals surface area contributed by atoms with E-state index in [4.69, 9.17) is 17.5 Å². The van der Waals surface area contributed by atoms with Crippen molar-refractivity contribution in [3.8, 4) is 6.07 Å². The highest BCUT2D eigenvalue weighted by atomic mass is 32.1. The summed E-state index contributed by atoms with van der Waals surface area (Å²) in [7, 11) is 2.04. The van der Waals surface area contributed by atoms with Gasteiger partial charge in [-0.05, 0) is 94.6 Å². The number of amides is 2. The summed E-state index contributed by atoms with van der Waals surface area (Å²) in [6, 6.07) is 6.00. The van der Waals surface area contributed by atoms with Crippen LogP contribution in [-0.4, -0.2) is 59.0 Å². The van der Waals surface area contributed by atoms with Crippen LogP contribution in [0.5, 0.6) is 0 Å². The summed E-state index contributed by atoms with van der Waals surface area (Å²) in [4.78, 5) is 34.6. The lowest BCUT2D eigenvalue weighted by molar-refractivity contribution is -0.138. The van der Waals surface area contributed by atoms with E-state index in [1.807, 2.05) is 7.05 Å². The third kappa shape index (κ3) is 4.79. The molecule has 3 fully saturated rings. The summed E-state index contributed by atoms with van der Waals surface area (Å²) in [6.45, 7) is 2.31. The van der Waals surface area contributed by atoms with Gasteiger partial charge in [-0.25, -0.2) is 9.37 Å². The molecule has 1 aliphatic carbocycles. The number of rotatable bonds is 5. The number of benzene rings is 1. The second-order valence-electron chi connectivity index (χ2n) is 10.5. The number of anilines is 2. The SMILES string of the molecule is CN1CCC(CNC(=O)c2ccc(N3C(=S)N(c4cnc(C#N)c(C(F)(F)F)c4)C(=O)C34CCC4)cc2F)CC1. The quantitative estimate of drug-likeness (QED) is 0.422. The number of piperidine rings is 1. The van der Waals surface area contributed by atoms with Crippen LogP contribution in [0.2, 0.25) is 0 Å². The van der Waals surface area contributed by atoms with Gasteiger partial charge < -0.3 is 15.1 Å². The fourth-order valence-corrected chi connectivity index (χ4v) is 5.98. The Bertz CT molecular complexity index is 1410. The molecule has 2 aliphatic heterocycles. The van der Waals surface area contributed by atoms with Crippen molar-refractivity contribution < 1.29 is 27.2 Å². The molecule has 2 amide bonds. The number of likely N-dealkylation sites (tertiary alicyclic amines) is 1. The lowest BCUT2D eigenvalue weighted by atomic mass is 9.75. The van der Waals surface area contributed by atoms with E-state index in [-0.39, 0.29) is 22.1 Å². The fourth-order valence-electron chi connectivity index (χ4n) is 5.52. The second kappa shape index (κ2) is 10.4. The zero-order chi connectivity index (χ0) is 28.8. The first-order chi connectivity index (χ1) is 19.0. The summed E-state index contributed by atoms with van der Waals surface area (Å²) in [5.41, 5.74) is -3.48. The zero-order valence-electron chi connectivity index (χ0n) is 21.6. The summed E-state index contributed by atoms with van der Waals surface area (Å²) >= 11 is 5.55. The maximum Gasteiger partial charge on any atom is 0.419 e. The number of carbonyl (C=O) groups excluding carboxylic acids is 2. The van der Waals surface area contributed by atoms with Crippen LogP contribution in [0.4, 0.5) is 28.9 Å². The molecule has 1 aromatic carbocycles. The molecule has 2 aromatic rings. The van der Waals surface area contributed by atoms with E-state index in [1.54, 1.807) is 0 Å². The molecule has 0 atom stereocenters. The van der Waals surface area contributed by atoms with E-state index in [2.05, 4.69) is 15.2 Å². The topological polar surface area (TPSA) is 92.6 Å². The maximum absolute atomic E-state index is 15.3. The number of hydrogen-bond acceptors (Lipinski definition) is 6. The van der Waals surface area contributed by atoms with Gasteiger partial charge in [0.15, 0.2) is 10.8 Å². The third-order valence-electron chi connectivity index (χ3n) is 7.98. The van der Waals surface area contributed by atoms with Gasteiger partial charge in [0.2, 0.25) is 0 Å². The van der Waals surface area contributed by atoms with Crippen molar-refractivity contribution in [3.63, 3.8) is 0 Å². The van der Waals surface area contributed by atoms with Gasteiger partial charge in [0.05, 0.1) is 23.0 Å². The Morgan fingerprint density at radius 2 is 1.93 bits per heavy atom. The van der Waals surface area contributed by atoms with E-state index < -0.39 is 40.6 Å². The number of nitrogens with one attached hydrogen (secondary N) is 1. The van der Waals surface area contributed by atoms with Crippen LogP contribution < -0.4 is 15.1 Å². The molecule has 13 heteroatoms. The van der Waals surface area contributed by atoms with E-state index in [0.29, 0.717) is 37.8 Å². The number of pyridine rings is 1. The molecule has 0 bridgehead atoms. The minimum atomic E-state index is -4.88. The predicted octanol–water partition coefficient (Wildman–Crippen LogP) is 4.24. The van der Waals surface area contributed by atoms with Crippen molar-refractivity contribution in [2.75, 3.05) is 36.5 Å². The van der Waals surface area contributed by atoms with Crippen LogP contribution in [-0.2, 0) is 11.0 Å². The van der Waals surface area contributed by atoms with Gasteiger partial charge >= 0.3 is 6.18 Å². The molecule has 1 spiro atoms. The smallest absolute Gasteiger partial charge is 0.352 e. The van der Waals surface area contributed by atoms with Crippen molar-refractivity contribution in [2.24, 2.45) is 5.92 Å². The fraction of sp³-hybridized carbons (Fsp3) is 0.444. The Morgan fingerprint density at radius 1 is 1.23 bits per heavy atom. The molecular weight excluding hydrogens is 548 g/mol. The van der Waals surface area contributed by atoms with Gasteiger partial charge in [0, 0.05) is 12.2 Å². The number of aromatic nitrogens is 1. The first-order valence-electron chi connectivity index (χ1n) is 12.9. The lowest BCUT2D eigenvalue weighted by Gasteiger charge is -2.43. The van der Waals surface area contributed by atoms with Crippen molar-refractivity contribution in [1.29, 1.82) is 5.26 Å². The van der Waals surface area contributed by atoms with E-state index in [0.717, 1.165) is 43.1 Å². The second-order valence-corrected chi connectivity index (χ2v) is 10.8. The van der Waals surface area contributed by atoms with Crippen LogP contribution in [0.3, 0.4) is 0 Å². The largest absolute Gasteiger partial charge is 0.419 e. The van der Waals surface area contributed by atoms with Crippen molar-refractivity contribution in [3.05, 3.63) is 53.1 Å². The molecule has 1 aromatic heterocycles. The van der Waals surface area contributed by atoms with Crippen molar-refractivity contribution >= 4 is 40.5 Å². The number of carbonyl (C=O) groups is 2. The molecule has 210 valence electrons. The minimum Gasteiger partial charge on any atom is -0.352 e. The Balaban J connectivity index is 1.40. The van der Waals surface area contributed by atoms with E-state index in [9.17, 15) is 22.8 Å². The predicted molar refractivity (Wildman–Crippen MR) is 142 cm³/mol. The Morgan fingerprint density at radius 3 is 2.50 bits per heavy atom. The minimum absolute atomic E-state index is 0.136. The number of thiocarbonyl (C=S) groups is 1. The number of halogens is 4. The molecule has 0 unspecified atom stereocenters. The molecule has 40 heavy (non-hydrogen) atoms. The molecule has 0 radical (unpaired) electrons. The zero-order valence-corrected chi connectivity index (χ0v) is 22.4. The summed E-state index contributed by atoms with van der Waals surface area (Å²) in [5, 5.41) is 11.7. The summed E-state index contributed by atoms with van der Waals surface area (Å²) in [5.74, 6) is -1.59. The Kier molecular flexibility index (Phi) is 7.26. The van der Waals surface area contributed by atoms with Gasteiger partial charge in [-0.1, -0.05) is 0 Å². The lowest BCUT2D eigenvalue weighted by Crippen LogP contribution is -2.55. The van der Waals surface area contributed by atoms with Gasteiger partial charge in [-0.15, -0.1) is 0 Å². The number of nitriles is 1. The first-order valence-corrected chi connectivity index (χ1v) is 13.3. The van der Waals surface area contributed by atoms with Crippen molar-refractivity contribution in [2.45, 2.75) is 43.8 Å². The molecule has 1 saturated carbocycles. The van der Waals surface area contributed by atoms with Crippen LogP contribution >= 0.6 is 12.2 Å². The first kappa shape index (κ1) is 27.9. The van der Waals surface area contributed by atoms with Crippen LogP contribution in [0.15, 0.2) is 30.5 Å². The van der Waals surface area contributed by atoms with E-state index in [1.165, 1.54) is 23.1 Å². The molecule has 8 nitrogen and oxygen atoms in total. The van der Waals surface area contributed by atoms with E-state index >= 15 is 4.39 Å². The molecule has 3 heterocycles. The molecule has 5 rings (SSSR count). The summed E-state index contributed by atoms with van der Waals surface area (Å²) < 4.78 is 56.0. The number of nitrogens with zero attached hydrogens (tertiary/aromatic N) is 5. The highest BCUT2D eigenvalue weighted by Crippen LogP contribution is 2.48. The van der Waals surface area contributed by atoms with Crippen molar-refractivity contribution in [1.82, 2.24) is 15.2 Å². The van der Waals surface area contributed by atoms with Gasteiger partial charge in [0.25, 0.3) is 11.8 Å². The van der Waals surface area contributed by atoms with Crippen LogP contribution in [0, 0.1) is 23.1 Å². The molecule has 3 aliphatic rings. The van der Waals surface area contributed by atoms with Gasteiger partial charge in [0.1, 0.15) is 17.4 Å². The van der Waals surface area contributed by atoms with Crippen LogP contribution in [0.1, 0.15) is 53.7 Å². The van der Waals surface area contributed by atoms with Crippen LogP contribution in [0.25, 0.3) is 0 Å². The number of alkyl halides is 3. The number of hydrogen-bond donors (Lipinski definition) is 1. The molecular formula is C27H26F4N6O2S. The van der Waals surface area contributed by atoms with Gasteiger partial charge in [-0.2, -0.15) is 18.4 Å². The van der Waals surface area contributed by atoms with Gasteiger partial charge in [-0.3, -0.25) is 14.5 Å². The normalized spacial score (nSPS) is 19.6. The molecule has 1 N–H and O–H groups in total.